The summed E-state index contributed by atoms with van der Waals surface area (Å²) in [7, 11) is 2.72. The third kappa shape index (κ3) is 17.8. The predicted octanol–water partition coefficient (Wildman–Crippen LogP) is 12.3. The van der Waals surface area contributed by atoms with Gasteiger partial charge < -0.3 is 33.9 Å². The van der Waals surface area contributed by atoms with Crippen LogP contribution < -0.4 is 23.7 Å². The topological polar surface area (TPSA) is 189 Å². The zero-order chi connectivity index (χ0) is 52.4. The number of fused-ring (bicyclic) bond motifs is 1. The van der Waals surface area contributed by atoms with Gasteiger partial charge in [0.05, 0.1) is 45.8 Å². The number of carbonyl (C=O) groups excluding carboxylic acids is 4. The van der Waals surface area contributed by atoms with E-state index in [0.717, 1.165) is 65.5 Å². The molecule has 0 amide bonds. The molecule has 2 N–H and O–H groups in total. The van der Waals surface area contributed by atoms with Gasteiger partial charge in [0.2, 0.25) is 0 Å². The number of benzene rings is 3. The van der Waals surface area contributed by atoms with E-state index in [9.17, 15) is 33.9 Å². The van der Waals surface area contributed by atoms with Gasteiger partial charge in [-0.15, -0.1) is 0 Å². The van der Waals surface area contributed by atoms with E-state index in [0.29, 0.717) is 22.8 Å². The lowest BCUT2D eigenvalue weighted by Gasteiger charge is -2.38. The summed E-state index contributed by atoms with van der Waals surface area (Å²) in [6.07, 6.45) is 16.7. The van der Waals surface area contributed by atoms with Crippen molar-refractivity contribution in [3.8, 4) is 28.7 Å². The standard InChI is InChI=1S/C58H76O13/c1-36(2)14-11-15-37(3)16-12-17-38(4)18-13-30-58(8)31-29-46-41(7)55(39(5)40(6)56(46)71-58)70-54(64)28-27-53(63)69-49-26-22-43(33-51(49)68-10)20-24-45(60)34-44(59)23-19-42-21-25-47(50(32-42)67-9)48(57(65)66)35-52(61)62/h19-26,32-33,36-38,48H,11-18,27-31,34-35H2,1-10H3,(H,61,62)(H,65,66)/b23-19+,24-20+/t37-,38-,48?,58-/m1/s1. The Balaban J connectivity index is 1.25. The molecular weight excluding hydrogens is 905 g/mol. The molecular formula is C58H76O13. The summed E-state index contributed by atoms with van der Waals surface area (Å²) in [6, 6.07) is 9.08. The molecule has 13 heteroatoms. The number of methoxy groups -OCH3 is 2. The summed E-state index contributed by atoms with van der Waals surface area (Å²) in [4.78, 5) is 74.3. The maximum atomic E-state index is 13.2. The van der Waals surface area contributed by atoms with Gasteiger partial charge >= 0.3 is 23.9 Å². The van der Waals surface area contributed by atoms with Crippen LogP contribution in [0, 0.1) is 38.5 Å². The highest BCUT2D eigenvalue weighted by molar-refractivity contribution is 6.11. The van der Waals surface area contributed by atoms with E-state index in [-0.39, 0.29) is 41.3 Å². The maximum Gasteiger partial charge on any atom is 0.311 e. The lowest BCUT2D eigenvalue weighted by Crippen LogP contribution is -2.37. The van der Waals surface area contributed by atoms with Crippen molar-refractivity contribution in [2.45, 2.75) is 163 Å². The molecule has 0 aromatic heterocycles. The monoisotopic (exact) mass is 981 g/mol. The van der Waals surface area contributed by atoms with Crippen LogP contribution in [-0.2, 0) is 35.2 Å². The third-order valence-corrected chi connectivity index (χ3v) is 13.6. The largest absolute Gasteiger partial charge is 0.496 e. The first kappa shape index (κ1) is 57.3. The van der Waals surface area contributed by atoms with Crippen molar-refractivity contribution < 1.29 is 62.7 Å². The molecule has 0 aliphatic carbocycles. The smallest absolute Gasteiger partial charge is 0.311 e. The van der Waals surface area contributed by atoms with Crippen molar-refractivity contribution in [1.82, 2.24) is 0 Å². The van der Waals surface area contributed by atoms with Gasteiger partial charge in [-0.3, -0.25) is 28.8 Å². The van der Waals surface area contributed by atoms with Gasteiger partial charge in [0.1, 0.15) is 22.8 Å². The Morgan fingerprint density at radius 3 is 1.80 bits per heavy atom. The van der Waals surface area contributed by atoms with Crippen molar-refractivity contribution in [2.24, 2.45) is 17.8 Å². The second-order valence-electron chi connectivity index (χ2n) is 20.0. The Morgan fingerprint density at radius 2 is 1.24 bits per heavy atom. The molecule has 0 saturated heterocycles. The lowest BCUT2D eigenvalue weighted by atomic mass is 9.83. The van der Waals surface area contributed by atoms with E-state index in [1.807, 2.05) is 20.8 Å². The molecule has 3 aromatic rings. The highest BCUT2D eigenvalue weighted by Gasteiger charge is 2.35. The maximum absolute atomic E-state index is 13.2. The number of hydrogen-bond acceptors (Lipinski definition) is 11. The quantitative estimate of drug-likeness (QED) is 0.0289. The van der Waals surface area contributed by atoms with Crippen LogP contribution in [0.4, 0.5) is 0 Å². The molecule has 0 radical (unpaired) electrons. The molecule has 0 bridgehead atoms. The van der Waals surface area contributed by atoms with Crippen LogP contribution in [0.1, 0.15) is 169 Å². The van der Waals surface area contributed by atoms with Gasteiger partial charge in [0.25, 0.3) is 0 Å². The number of hydrogen-bond donors (Lipinski definition) is 2. The average Bonchev–Trinajstić information content (AvgIpc) is 3.31. The van der Waals surface area contributed by atoms with Gasteiger partial charge in [-0.25, -0.2) is 0 Å². The van der Waals surface area contributed by atoms with Crippen molar-refractivity contribution in [1.29, 1.82) is 0 Å². The van der Waals surface area contributed by atoms with E-state index in [1.165, 1.54) is 108 Å². The number of esters is 2. The summed E-state index contributed by atoms with van der Waals surface area (Å²) < 4.78 is 29.0. The minimum absolute atomic E-state index is 0.117. The minimum Gasteiger partial charge on any atom is -0.496 e. The molecule has 386 valence electrons. The molecule has 13 nitrogen and oxygen atoms in total. The Morgan fingerprint density at radius 1 is 0.690 bits per heavy atom. The third-order valence-electron chi connectivity index (χ3n) is 13.6. The molecule has 71 heavy (non-hydrogen) atoms. The number of carboxylic acids is 2. The van der Waals surface area contributed by atoms with Gasteiger partial charge in [0.15, 0.2) is 23.1 Å². The van der Waals surface area contributed by atoms with Crippen LogP contribution in [0.3, 0.4) is 0 Å². The van der Waals surface area contributed by atoms with Crippen LogP contribution in [0.2, 0.25) is 0 Å². The van der Waals surface area contributed by atoms with Crippen LogP contribution in [0.15, 0.2) is 48.6 Å². The molecule has 1 aliphatic heterocycles. The summed E-state index contributed by atoms with van der Waals surface area (Å²) in [5.74, 6) is -1.98. The molecule has 0 saturated carbocycles. The fourth-order valence-corrected chi connectivity index (χ4v) is 9.12. The zero-order valence-electron chi connectivity index (χ0n) is 43.6. The predicted molar refractivity (Wildman–Crippen MR) is 275 cm³/mol. The number of ether oxygens (including phenoxy) is 5. The van der Waals surface area contributed by atoms with E-state index in [2.05, 4.69) is 34.6 Å². The molecule has 3 aromatic carbocycles. The van der Waals surface area contributed by atoms with Gasteiger partial charge in [-0.2, -0.15) is 0 Å². The molecule has 1 unspecified atom stereocenters. The number of carbonyl (C=O) groups is 6. The summed E-state index contributed by atoms with van der Waals surface area (Å²) >= 11 is 0. The van der Waals surface area contributed by atoms with Crippen LogP contribution >= 0.6 is 0 Å². The summed E-state index contributed by atoms with van der Waals surface area (Å²) in [5.41, 5.74) is 4.62. The number of allylic oxidation sites excluding steroid dienone is 2. The Hall–Kier alpha value is -6.24. The van der Waals surface area contributed by atoms with Crippen LogP contribution in [0.25, 0.3) is 12.2 Å². The van der Waals surface area contributed by atoms with E-state index < -0.39 is 54.2 Å². The van der Waals surface area contributed by atoms with Crippen LogP contribution in [-0.4, -0.2) is 65.5 Å². The highest BCUT2D eigenvalue weighted by Crippen LogP contribution is 2.45. The van der Waals surface area contributed by atoms with Crippen molar-refractivity contribution >= 4 is 47.6 Å². The van der Waals surface area contributed by atoms with Crippen molar-refractivity contribution in [3.63, 3.8) is 0 Å². The molecule has 0 fully saturated rings. The van der Waals surface area contributed by atoms with E-state index in [4.69, 9.17) is 28.8 Å². The van der Waals surface area contributed by atoms with E-state index in [1.54, 1.807) is 12.1 Å². The number of ketones is 2. The lowest BCUT2D eigenvalue weighted by molar-refractivity contribution is -0.145. The number of rotatable bonds is 29. The first-order chi connectivity index (χ1) is 33.6. The molecule has 4 rings (SSSR count). The Bertz CT molecular complexity index is 2430. The number of aliphatic carboxylic acids is 2. The fourth-order valence-electron chi connectivity index (χ4n) is 9.12. The highest BCUT2D eigenvalue weighted by atomic mass is 16.6. The van der Waals surface area contributed by atoms with Crippen LogP contribution in [0.5, 0.6) is 28.7 Å². The van der Waals surface area contributed by atoms with Gasteiger partial charge in [0, 0.05) is 11.1 Å². The first-order valence-corrected chi connectivity index (χ1v) is 25.1. The Labute approximate surface area is 420 Å². The van der Waals surface area contributed by atoms with E-state index >= 15 is 0 Å². The second-order valence-corrected chi connectivity index (χ2v) is 20.0. The zero-order valence-corrected chi connectivity index (χ0v) is 43.6. The van der Waals surface area contributed by atoms with Crippen molar-refractivity contribution in [2.75, 3.05) is 14.2 Å². The normalized spacial score (nSPS) is 15.7. The SMILES string of the molecule is COc1cc(/C=C/C(=O)CC(=O)/C=C/c2ccc(C(CC(=O)O)C(=O)O)c(OC)c2)ccc1OC(=O)CCC(=O)Oc1c(C)c(C)c2c(c1C)CC[C@@](C)(CCC[C@H](C)CCC[C@H](C)CCCC(C)C)O2. The fraction of sp³-hybridized carbons (Fsp3) is 0.517. The van der Waals surface area contributed by atoms with Crippen molar-refractivity contribution in [3.05, 3.63) is 87.5 Å². The number of carboxylic acid groups (broad SMARTS) is 2. The van der Waals surface area contributed by atoms with Gasteiger partial charge in [-0.1, -0.05) is 103 Å². The molecule has 0 spiro atoms. The summed E-state index contributed by atoms with van der Waals surface area (Å²) in [6.45, 7) is 17.5. The minimum atomic E-state index is -1.33. The molecule has 1 heterocycles. The average molecular weight is 981 g/mol. The molecule has 4 atom stereocenters. The Kier molecular flexibility index (Phi) is 22.1. The molecule has 1 aliphatic rings. The second kappa shape index (κ2) is 27.4. The van der Waals surface area contributed by atoms with Gasteiger partial charge in [-0.05, 0) is 129 Å². The summed E-state index contributed by atoms with van der Waals surface area (Å²) in [5, 5.41) is 18.7. The first-order valence-electron chi connectivity index (χ1n) is 25.1.